The fourth-order valence-corrected chi connectivity index (χ4v) is 0.928. The maximum absolute atomic E-state index is 11.0. The van der Waals surface area contributed by atoms with Gasteiger partial charge in [0.2, 0.25) is 0 Å². The lowest BCUT2D eigenvalue weighted by Crippen LogP contribution is -2.24. The van der Waals surface area contributed by atoms with Gasteiger partial charge in [0.1, 0.15) is 12.7 Å². The highest BCUT2D eigenvalue weighted by atomic mass is 16.5. The molecule has 0 spiro atoms. The van der Waals surface area contributed by atoms with Gasteiger partial charge in [0, 0.05) is 0 Å². The van der Waals surface area contributed by atoms with Crippen molar-refractivity contribution in [1.82, 2.24) is 0 Å². The molecule has 0 aliphatic heterocycles. The van der Waals surface area contributed by atoms with Crippen molar-refractivity contribution >= 4 is 5.97 Å². The summed E-state index contributed by atoms with van der Waals surface area (Å²) >= 11 is 0. The van der Waals surface area contributed by atoms with Gasteiger partial charge in [-0.15, -0.1) is 0 Å². The van der Waals surface area contributed by atoms with Crippen LogP contribution in [0.3, 0.4) is 0 Å². The molecule has 2 atom stereocenters. The van der Waals surface area contributed by atoms with Gasteiger partial charge in [0.05, 0.1) is 19.1 Å². The van der Waals surface area contributed by atoms with Crippen molar-refractivity contribution in [1.29, 1.82) is 0 Å². The van der Waals surface area contributed by atoms with E-state index in [1.54, 1.807) is 0 Å². The molecule has 84 valence electrons. The molecule has 0 aromatic rings. The molecule has 14 heavy (non-hydrogen) atoms. The molecule has 0 saturated heterocycles. The molecule has 0 radical (unpaired) electrons. The molecule has 3 N–H and O–H groups in total. The number of carbonyl (C=O) groups excluding carboxylic acids is 1. The third kappa shape index (κ3) is 6.82. The molecular formula is C9H18O5. The monoisotopic (exact) mass is 206 g/mol. The highest BCUT2D eigenvalue weighted by Gasteiger charge is 2.12. The van der Waals surface area contributed by atoms with Gasteiger partial charge >= 0.3 is 5.97 Å². The minimum absolute atomic E-state index is 0.0635. The van der Waals surface area contributed by atoms with E-state index in [1.807, 2.05) is 6.92 Å². The molecule has 0 aliphatic carbocycles. The SMILES string of the molecule is CCC[C@H](O)CC(=O)OCC(O)CO. The molecule has 0 fully saturated rings. The van der Waals surface area contributed by atoms with Crippen LogP contribution in [0.25, 0.3) is 0 Å². The molecule has 0 saturated carbocycles. The topological polar surface area (TPSA) is 87.0 Å². The van der Waals surface area contributed by atoms with Crippen molar-refractivity contribution in [2.75, 3.05) is 13.2 Å². The van der Waals surface area contributed by atoms with Crippen molar-refractivity contribution in [3.8, 4) is 0 Å². The summed E-state index contributed by atoms with van der Waals surface area (Å²) in [6.45, 7) is 1.24. The first kappa shape index (κ1) is 13.4. The lowest BCUT2D eigenvalue weighted by atomic mass is 10.1. The highest BCUT2D eigenvalue weighted by Crippen LogP contribution is 2.02. The molecule has 1 unspecified atom stereocenters. The Balaban J connectivity index is 3.54. The van der Waals surface area contributed by atoms with E-state index in [2.05, 4.69) is 4.74 Å². The van der Waals surface area contributed by atoms with Crippen LogP contribution in [0.2, 0.25) is 0 Å². The number of rotatable bonds is 7. The van der Waals surface area contributed by atoms with E-state index in [4.69, 9.17) is 10.2 Å². The Hall–Kier alpha value is -0.650. The third-order valence-electron chi connectivity index (χ3n) is 1.67. The summed E-state index contributed by atoms with van der Waals surface area (Å²) in [5, 5.41) is 26.5. The Morgan fingerprint density at radius 2 is 2.00 bits per heavy atom. The number of hydrogen-bond donors (Lipinski definition) is 3. The summed E-state index contributed by atoms with van der Waals surface area (Å²) in [6.07, 6.45) is -0.432. The van der Waals surface area contributed by atoms with Gasteiger partial charge in [0.25, 0.3) is 0 Å². The Bertz CT molecular complexity index is 159. The molecule has 0 aromatic carbocycles. The number of aliphatic hydroxyl groups is 3. The first-order valence-electron chi connectivity index (χ1n) is 4.72. The first-order valence-corrected chi connectivity index (χ1v) is 4.72. The normalized spacial score (nSPS) is 14.9. The van der Waals surface area contributed by atoms with Crippen LogP contribution in [0.5, 0.6) is 0 Å². The molecule has 0 rings (SSSR count). The van der Waals surface area contributed by atoms with E-state index < -0.39 is 24.8 Å². The van der Waals surface area contributed by atoms with Gasteiger partial charge in [-0.1, -0.05) is 13.3 Å². The molecule has 0 bridgehead atoms. The maximum Gasteiger partial charge on any atom is 0.308 e. The summed E-state index contributed by atoms with van der Waals surface area (Å²) in [5.41, 5.74) is 0. The van der Waals surface area contributed by atoms with Crippen LogP contribution in [-0.4, -0.2) is 46.7 Å². The van der Waals surface area contributed by atoms with Crippen LogP contribution >= 0.6 is 0 Å². The number of carbonyl (C=O) groups is 1. The Labute approximate surface area is 83.3 Å². The minimum atomic E-state index is -1.04. The minimum Gasteiger partial charge on any atom is -0.463 e. The fourth-order valence-electron chi connectivity index (χ4n) is 0.928. The Kier molecular flexibility index (Phi) is 7.37. The van der Waals surface area contributed by atoms with Gasteiger partial charge in [0.15, 0.2) is 0 Å². The molecule has 0 amide bonds. The van der Waals surface area contributed by atoms with E-state index in [9.17, 15) is 9.90 Å². The highest BCUT2D eigenvalue weighted by molar-refractivity contribution is 5.69. The quantitative estimate of drug-likeness (QED) is 0.486. The van der Waals surface area contributed by atoms with Gasteiger partial charge in [-0.2, -0.15) is 0 Å². The predicted octanol–water partition coefficient (Wildman–Crippen LogP) is -0.566. The van der Waals surface area contributed by atoms with Gasteiger partial charge in [-0.05, 0) is 6.42 Å². The zero-order chi connectivity index (χ0) is 11.0. The molecule has 0 aromatic heterocycles. The standard InChI is InChI=1S/C9H18O5/c1-2-3-7(11)4-9(13)14-6-8(12)5-10/h7-8,10-12H,2-6H2,1H3/t7-,8?/m0/s1. The van der Waals surface area contributed by atoms with E-state index in [0.29, 0.717) is 6.42 Å². The predicted molar refractivity (Wildman–Crippen MR) is 49.6 cm³/mol. The van der Waals surface area contributed by atoms with E-state index in [-0.39, 0.29) is 13.0 Å². The van der Waals surface area contributed by atoms with Crippen LogP contribution in [0.1, 0.15) is 26.2 Å². The van der Waals surface area contributed by atoms with Crippen molar-refractivity contribution in [3.63, 3.8) is 0 Å². The van der Waals surface area contributed by atoms with Crippen LogP contribution in [0.4, 0.5) is 0 Å². The first-order chi connectivity index (χ1) is 6.60. The van der Waals surface area contributed by atoms with E-state index >= 15 is 0 Å². The average molecular weight is 206 g/mol. The molecule has 0 heterocycles. The van der Waals surface area contributed by atoms with Crippen molar-refractivity contribution in [3.05, 3.63) is 0 Å². The zero-order valence-corrected chi connectivity index (χ0v) is 8.35. The molecule has 5 heteroatoms. The summed E-state index contributed by atoms with van der Waals surface area (Å²) in [5.74, 6) is -0.557. The zero-order valence-electron chi connectivity index (χ0n) is 8.35. The second kappa shape index (κ2) is 7.73. The van der Waals surface area contributed by atoms with Gasteiger partial charge in [-0.25, -0.2) is 0 Å². The third-order valence-corrected chi connectivity index (χ3v) is 1.67. The van der Waals surface area contributed by atoms with Crippen LogP contribution < -0.4 is 0 Å². The maximum atomic E-state index is 11.0. The van der Waals surface area contributed by atoms with Crippen molar-refractivity contribution < 1.29 is 24.9 Å². The Morgan fingerprint density at radius 1 is 1.36 bits per heavy atom. The van der Waals surface area contributed by atoms with E-state index in [0.717, 1.165) is 6.42 Å². The average Bonchev–Trinajstić information content (AvgIpc) is 2.14. The lowest BCUT2D eigenvalue weighted by molar-refractivity contribution is -0.149. The van der Waals surface area contributed by atoms with Crippen LogP contribution in [0.15, 0.2) is 0 Å². The van der Waals surface area contributed by atoms with E-state index in [1.165, 1.54) is 0 Å². The number of ether oxygens (including phenoxy) is 1. The second-order valence-electron chi connectivity index (χ2n) is 3.17. The number of esters is 1. The molecule has 5 nitrogen and oxygen atoms in total. The molecule has 0 aliphatic rings. The second-order valence-corrected chi connectivity index (χ2v) is 3.17. The number of hydrogen-bond acceptors (Lipinski definition) is 5. The molecular weight excluding hydrogens is 188 g/mol. The lowest BCUT2D eigenvalue weighted by Gasteiger charge is -2.11. The Morgan fingerprint density at radius 3 is 2.50 bits per heavy atom. The number of aliphatic hydroxyl groups excluding tert-OH is 3. The summed E-state index contributed by atoms with van der Waals surface area (Å²) < 4.78 is 4.60. The van der Waals surface area contributed by atoms with Gasteiger partial charge < -0.3 is 20.1 Å². The summed E-state index contributed by atoms with van der Waals surface area (Å²) in [7, 11) is 0. The van der Waals surface area contributed by atoms with Crippen LogP contribution in [-0.2, 0) is 9.53 Å². The van der Waals surface area contributed by atoms with Crippen LogP contribution in [0, 0.1) is 0 Å². The largest absolute Gasteiger partial charge is 0.463 e. The van der Waals surface area contributed by atoms with Gasteiger partial charge in [-0.3, -0.25) is 4.79 Å². The summed E-state index contributed by atoms with van der Waals surface area (Å²) in [4.78, 5) is 11.0. The fraction of sp³-hybridized carbons (Fsp3) is 0.889. The smallest absolute Gasteiger partial charge is 0.308 e. The van der Waals surface area contributed by atoms with Crippen molar-refractivity contribution in [2.45, 2.75) is 38.4 Å². The summed E-state index contributed by atoms with van der Waals surface area (Å²) in [6, 6.07) is 0. The van der Waals surface area contributed by atoms with Crippen molar-refractivity contribution in [2.24, 2.45) is 0 Å².